The van der Waals surface area contributed by atoms with Gasteiger partial charge in [0.15, 0.2) is 16.6 Å². The zero-order chi connectivity index (χ0) is 15.0. The van der Waals surface area contributed by atoms with Crippen molar-refractivity contribution in [1.82, 2.24) is 4.98 Å². The molecular weight excluding hydrogens is 288 g/mol. The second-order valence-electron chi connectivity index (χ2n) is 4.92. The van der Waals surface area contributed by atoms with Crippen LogP contribution in [0.4, 0.5) is 10.8 Å². The summed E-state index contributed by atoms with van der Waals surface area (Å²) in [5, 5.41) is 9.77. The molecule has 0 unspecified atom stereocenters. The number of fused-ring (bicyclic) bond motifs is 1. The third-order valence-corrected chi connectivity index (χ3v) is 4.66. The maximum absolute atomic E-state index is 11.6. The van der Waals surface area contributed by atoms with Crippen LogP contribution in [0.25, 0.3) is 0 Å². The van der Waals surface area contributed by atoms with Gasteiger partial charge in [0.25, 0.3) is 0 Å². The highest BCUT2D eigenvalue weighted by atomic mass is 32.1. The van der Waals surface area contributed by atoms with Gasteiger partial charge < -0.3 is 10.0 Å². The Kier molecular flexibility index (Phi) is 3.47. The zero-order valence-electron chi connectivity index (χ0n) is 11.5. The van der Waals surface area contributed by atoms with Gasteiger partial charge in [0.1, 0.15) is 4.88 Å². The fourth-order valence-corrected chi connectivity index (χ4v) is 3.53. The molecule has 1 aliphatic heterocycles. The number of thiazole rings is 1. The standard InChI is InChI=1S/C15H14N2O3S/c1-9(18)13-12(14(19)20)16-15(21-13)17-8-4-6-10-5-2-3-7-11(10)17/h2-3,5,7H,4,6,8H2,1H3,(H,19,20). The lowest BCUT2D eigenvalue weighted by atomic mass is 10.0. The third kappa shape index (κ3) is 2.42. The van der Waals surface area contributed by atoms with E-state index >= 15 is 0 Å². The first-order valence-corrected chi connectivity index (χ1v) is 7.50. The van der Waals surface area contributed by atoms with Crippen molar-refractivity contribution in [1.29, 1.82) is 0 Å². The molecule has 1 aromatic heterocycles. The Hall–Kier alpha value is -2.21. The van der Waals surface area contributed by atoms with Crippen molar-refractivity contribution < 1.29 is 14.7 Å². The Bertz CT molecular complexity index is 692. The minimum absolute atomic E-state index is 0.148. The van der Waals surface area contributed by atoms with Crippen molar-refractivity contribution in [2.24, 2.45) is 0 Å². The molecule has 2 heterocycles. The number of ketones is 1. The first-order valence-electron chi connectivity index (χ1n) is 6.68. The number of anilines is 2. The molecule has 0 atom stereocenters. The Balaban J connectivity index is 2.08. The number of Topliss-reactive ketones (excluding diaryl/α,β-unsaturated/α-hetero) is 1. The van der Waals surface area contributed by atoms with E-state index in [4.69, 9.17) is 0 Å². The molecule has 0 amide bonds. The van der Waals surface area contributed by atoms with Gasteiger partial charge in [-0.15, -0.1) is 0 Å². The number of aromatic nitrogens is 1. The van der Waals surface area contributed by atoms with Gasteiger partial charge in [-0.3, -0.25) is 4.79 Å². The monoisotopic (exact) mass is 302 g/mol. The van der Waals surface area contributed by atoms with Crippen LogP contribution >= 0.6 is 11.3 Å². The normalized spacial score (nSPS) is 13.9. The van der Waals surface area contributed by atoms with Gasteiger partial charge in [-0.2, -0.15) is 0 Å². The van der Waals surface area contributed by atoms with Gasteiger partial charge in [-0.1, -0.05) is 29.5 Å². The fourth-order valence-electron chi connectivity index (χ4n) is 2.54. The summed E-state index contributed by atoms with van der Waals surface area (Å²) in [6, 6.07) is 8.02. The van der Waals surface area contributed by atoms with Crippen LogP contribution in [0, 0.1) is 0 Å². The van der Waals surface area contributed by atoms with E-state index in [9.17, 15) is 14.7 Å². The number of aryl methyl sites for hydroxylation is 1. The van der Waals surface area contributed by atoms with E-state index in [1.165, 1.54) is 12.5 Å². The first-order chi connectivity index (χ1) is 10.1. The average molecular weight is 302 g/mol. The number of hydrogen-bond acceptors (Lipinski definition) is 5. The highest BCUT2D eigenvalue weighted by Gasteiger charge is 2.26. The van der Waals surface area contributed by atoms with Crippen LogP contribution in [-0.2, 0) is 6.42 Å². The van der Waals surface area contributed by atoms with Crippen LogP contribution in [0.1, 0.15) is 39.1 Å². The number of carboxylic acid groups (broad SMARTS) is 1. The maximum Gasteiger partial charge on any atom is 0.356 e. The lowest BCUT2D eigenvalue weighted by molar-refractivity contribution is 0.0687. The summed E-state index contributed by atoms with van der Waals surface area (Å²) in [5.41, 5.74) is 2.12. The highest BCUT2D eigenvalue weighted by molar-refractivity contribution is 7.17. The van der Waals surface area contributed by atoms with Crippen LogP contribution in [0.15, 0.2) is 24.3 Å². The molecule has 0 fully saturated rings. The molecule has 0 bridgehead atoms. The van der Waals surface area contributed by atoms with Gasteiger partial charge >= 0.3 is 5.97 Å². The summed E-state index contributed by atoms with van der Waals surface area (Å²) in [4.78, 5) is 29.2. The molecule has 3 rings (SSSR count). The van der Waals surface area contributed by atoms with Crippen LogP contribution in [0.3, 0.4) is 0 Å². The molecule has 0 spiro atoms. The number of hydrogen-bond donors (Lipinski definition) is 1. The van der Waals surface area contributed by atoms with Crippen LogP contribution in [-0.4, -0.2) is 28.4 Å². The van der Waals surface area contributed by atoms with Crippen molar-refractivity contribution in [2.45, 2.75) is 19.8 Å². The van der Waals surface area contributed by atoms with E-state index in [1.807, 2.05) is 23.1 Å². The SMILES string of the molecule is CC(=O)c1sc(N2CCCc3ccccc32)nc1C(=O)O. The third-order valence-electron chi connectivity index (χ3n) is 3.48. The van der Waals surface area contributed by atoms with Crippen molar-refractivity contribution in [3.05, 3.63) is 40.4 Å². The molecule has 0 saturated heterocycles. The number of carbonyl (C=O) groups excluding carboxylic acids is 1. The van der Waals surface area contributed by atoms with Gasteiger partial charge in [-0.25, -0.2) is 9.78 Å². The molecule has 0 saturated carbocycles. The van der Waals surface area contributed by atoms with Gasteiger partial charge in [0, 0.05) is 19.2 Å². The Morgan fingerprint density at radius 2 is 2.10 bits per heavy atom. The minimum Gasteiger partial charge on any atom is -0.476 e. The fraction of sp³-hybridized carbons (Fsp3) is 0.267. The van der Waals surface area contributed by atoms with Crippen molar-refractivity contribution in [3.8, 4) is 0 Å². The number of carbonyl (C=O) groups is 2. The molecule has 1 aliphatic rings. The maximum atomic E-state index is 11.6. The van der Waals surface area contributed by atoms with Gasteiger partial charge in [-0.05, 0) is 24.5 Å². The summed E-state index contributed by atoms with van der Waals surface area (Å²) in [6.45, 7) is 2.15. The number of nitrogens with zero attached hydrogens (tertiary/aromatic N) is 2. The molecule has 108 valence electrons. The van der Waals surface area contributed by atoms with Gasteiger partial charge in [0.2, 0.25) is 0 Å². The van der Waals surface area contributed by atoms with Crippen LogP contribution < -0.4 is 4.90 Å². The second-order valence-corrected chi connectivity index (χ2v) is 5.90. The summed E-state index contributed by atoms with van der Waals surface area (Å²) < 4.78 is 0. The number of benzene rings is 1. The number of para-hydroxylation sites is 1. The predicted octanol–water partition coefficient (Wildman–Crippen LogP) is 3.13. The quantitative estimate of drug-likeness (QED) is 0.882. The number of rotatable bonds is 3. The van der Waals surface area contributed by atoms with Crippen molar-refractivity contribution in [2.75, 3.05) is 11.4 Å². The van der Waals surface area contributed by atoms with E-state index in [2.05, 4.69) is 11.1 Å². The zero-order valence-corrected chi connectivity index (χ0v) is 12.3. The summed E-state index contributed by atoms with van der Waals surface area (Å²) in [7, 11) is 0. The summed E-state index contributed by atoms with van der Waals surface area (Å²) >= 11 is 1.15. The molecular formula is C15H14N2O3S. The predicted molar refractivity (Wildman–Crippen MR) is 80.8 cm³/mol. The van der Waals surface area contributed by atoms with Crippen LogP contribution in [0.5, 0.6) is 0 Å². The van der Waals surface area contributed by atoms with Gasteiger partial charge in [0.05, 0.1) is 0 Å². The molecule has 1 N–H and O–H groups in total. The summed E-state index contributed by atoms with van der Waals surface area (Å²) in [6.07, 6.45) is 1.98. The summed E-state index contributed by atoms with van der Waals surface area (Å²) in [5.74, 6) is -1.42. The van der Waals surface area contributed by atoms with E-state index in [0.717, 1.165) is 36.4 Å². The van der Waals surface area contributed by atoms with Crippen molar-refractivity contribution >= 4 is 33.9 Å². The number of carboxylic acids is 1. The van der Waals surface area contributed by atoms with E-state index < -0.39 is 5.97 Å². The second kappa shape index (κ2) is 5.29. The van der Waals surface area contributed by atoms with E-state index in [1.54, 1.807) is 0 Å². The first kappa shape index (κ1) is 13.8. The average Bonchev–Trinajstić information content (AvgIpc) is 2.92. The Labute approximate surface area is 125 Å². The molecule has 5 nitrogen and oxygen atoms in total. The molecule has 0 aliphatic carbocycles. The van der Waals surface area contributed by atoms with E-state index in [0.29, 0.717) is 5.13 Å². The largest absolute Gasteiger partial charge is 0.476 e. The topological polar surface area (TPSA) is 70.5 Å². The molecule has 6 heteroatoms. The lowest BCUT2D eigenvalue weighted by Crippen LogP contribution is -2.24. The molecule has 21 heavy (non-hydrogen) atoms. The number of aromatic carboxylic acids is 1. The molecule has 2 aromatic rings. The van der Waals surface area contributed by atoms with Crippen molar-refractivity contribution in [3.63, 3.8) is 0 Å². The van der Waals surface area contributed by atoms with E-state index in [-0.39, 0.29) is 16.4 Å². The molecule has 1 aromatic carbocycles. The van der Waals surface area contributed by atoms with Crippen LogP contribution in [0.2, 0.25) is 0 Å². The molecule has 0 radical (unpaired) electrons. The minimum atomic E-state index is -1.16. The smallest absolute Gasteiger partial charge is 0.356 e. The Morgan fingerprint density at radius 3 is 2.76 bits per heavy atom. The lowest BCUT2D eigenvalue weighted by Gasteiger charge is -2.28. The Morgan fingerprint density at radius 1 is 1.33 bits per heavy atom. The highest BCUT2D eigenvalue weighted by Crippen LogP contribution is 2.36.